The van der Waals surface area contributed by atoms with Crippen LogP contribution in [-0.4, -0.2) is 16.1 Å². The average Bonchev–Trinajstić information content (AvgIpc) is 2.43. The molecule has 0 aliphatic rings. The van der Waals surface area contributed by atoms with Gasteiger partial charge in [0.25, 0.3) is 5.91 Å². The number of amides is 1. The predicted molar refractivity (Wildman–Crippen MR) is 68.8 cm³/mol. The molecule has 0 saturated carbocycles. The van der Waals surface area contributed by atoms with Gasteiger partial charge >= 0.3 is 0 Å². The normalized spacial score (nSPS) is 9.80. The molecule has 5 nitrogen and oxygen atoms in total. The molecular formula is C14H9FN2O3. The summed E-state index contributed by atoms with van der Waals surface area (Å²) in [5, 5.41) is 29.9. The van der Waals surface area contributed by atoms with Crippen molar-refractivity contribution in [2.24, 2.45) is 0 Å². The van der Waals surface area contributed by atoms with E-state index in [0.29, 0.717) is 0 Å². The van der Waals surface area contributed by atoms with Crippen LogP contribution in [0.2, 0.25) is 0 Å². The average molecular weight is 272 g/mol. The number of nitriles is 1. The quantitative estimate of drug-likeness (QED) is 0.731. The smallest absolute Gasteiger partial charge is 0.259 e. The van der Waals surface area contributed by atoms with E-state index < -0.39 is 11.7 Å². The molecule has 0 bridgehead atoms. The molecule has 0 heterocycles. The van der Waals surface area contributed by atoms with Gasteiger partial charge in [0.2, 0.25) is 0 Å². The Morgan fingerprint density at radius 1 is 1.20 bits per heavy atom. The number of phenols is 2. The Labute approximate surface area is 113 Å². The Kier molecular flexibility index (Phi) is 3.53. The van der Waals surface area contributed by atoms with Crippen LogP contribution in [0.1, 0.15) is 15.9 Å². The number of halogens is 1. The number of nitrogens with one attached hydrogen (secondary N) is 1. The Bertz CT molecular complexity index is 723. The molecule has 0 spiro atoms. The first-order valence-corrected chi connectivity index (χ1v) is 5.54. The maximum Gasteiger partial charge on any atom is 0.259 e. The second-order valence-corrected chi connectivity index (χ2v) is 3.96. The lowest BCUT2D eigenvalue weighted by Gasteiger charge is -2.07. The molecule has 0 fully saturated rings. The van der Waals surface area contributed by atoms with Crippen molar-refractivity contribution in [3.8, 4) is 17.6 Å². The van der Waals surface area contributed by atoms with Crippen LogP contribution in [0, 0.1) is 17.1 Å². The van der Waals surface area contributed by atoms with Crippen molar-refractivity contribution < 1.29 is 19.4 Å². The summed E-state index contributed by atoms with van der Waals surface area (Å²) in [6.07, 6.45) is 0. The van der Waals surface area contributed by atoms with Crippen LogP contribution in [0.5, 0.6) is 11.5 Å². The lowest BCUT2D eigenvalue weighted by atomic mass is 10.1. The van der Waals surface area contributed by atoms with Crippen molar-refractivity contribution >= 4 is 11.6 Å². The third-order valence-corrected chi connectivity index (χ3v) is 2.57. The van der Waals surface area contributed by atoms with Gasteiger partial charge in [0.05, 0.1) is 11.1 Å². The van der Waals surface area contributed by atoms with Crippen LogP contribution in [0.25, 0.3) is 0 Å². The van der Waals surface area contributed by atoms with Gasteiger partial charge in [-0.05, 0) is 36.4 Å². The first-order valence-electron chi connectivity index (χ1n) is 5.54. The molecule has 1 amide bonds. The van der Waals surface area contributed by atoms with Crippen molar-refractivity contribution in [3.63, 3.8) is 0 Å². The molecular weight excluding hydrogens is 263 g/mol. The monoisotopic (exact) mass is 272 g/mol. The predicted octanol–water partition coefficient (Wildman–Crippen LogP) is 2.36. The van der Waals surface area contributed by atoms with E-state index in [4.69, 9.17) is 5.26 Å². The SMILES string of the molecule is N#Cc1cc(NC(=O)c2cc(O)ccc2O)ccc1F. The summed E-state index contributed by atoms with van der Waals surface area (Å²) in [5.41, 5.74) is -0.133. The maximum absolute atomic E-state index is 13.1. The Morgan fingerprint density at radius 2 is 1.95 bits per heavy atom. The summed E-state index contributed by atoms with van der Waals surface area (Å²) in [5.74, 6) is -1.85. The lowest BCUT2D eigenvalue weighted by Crippen LogP contribution is -2.12. The van der Waals surface area contributed by atoms with E-state index >= 15 is 0 Å². The fraction of sp³-hybridized carbons (Fsp3) is 0. The highest BCUT2D eigenvalue weighted by molar-refractivity contribution is 6.06. The minimum absolute atomic E-state index is 0.132. The number of anilines is 1. The third kappa shape index (κ3) is 2.67. The molecule has 0 atom stereocenters. The van der Waals surface area contributed by atoms with Gasteiger partial charge in [-0.3, -0.25) is 4.79 Å². The van der Waals surface area contributed by atoms with Crippen LogP contribution < -0.4 is 5.32 Å². The van der Waals surface area contributed by atoms with Gasteiger partial charge in [0.1, 0.15) is 23.4 Å². The van der Waals surface area contributed by atoms with Crippen molar-refractivity contribution in [1.82, 2.24) is 0 Å². The van der Waals surface area contributed by atoms with E-state index in [9.17, 15) is 19.4 Å². The summed E-state index contributed by atoms with van der Waals surface area (Å²) in [6, 6.07) is 8.67. The Hall–Kier alpha value is -3.07. The molecule has 0 radical (unpaired) electrons. The summed E-state index contributed by atoms with van der Waals surface area (Å²) in [7, 11) is 0. The lowest BCUT2D eigenvalue weighted by molar-refractivity contribution is 0.102. The maximum atomic E-state index is 13.1. The highest BCUT2D eigenvalue weighted by Gasteiger charge is 2.13. The van der Waals surface area contributed by atoms with E-state index in [2.05, 4.69) is 5.32 Å². The van der Waals surface area contributed by atoms with Crippen LogP contribution in [0.4, 0.5) is 10.1 Å². The molecule has 3 N–H and O–H groups in total. The van der Waals surface area contributed by atoms with Gasteiger partial charge in [0.15, 0.2) is 0 Å². The number of hydrogen-bond acceptors (Lipinski definition) is 4. The van der Waals surface area contributed by atoms with E-state index in [1.807, 2.05) is 0 Å². The number of carbonyl (C=O) groups excluding carboxylic acids is 1. The number of aromatic hydroxyl groups is 2. The van der Waals surface area contributed by atoms with Gasteiger partial charge < -0.3 is 15.5 Å². The standard InChI is InChI=1S/C14H9FN2O3/c15-12-3-1-9(5-8(12)7-16)17-14(20)11-6-10(18)2-4-13(11)19/h1-6,18-19H,(H,17,20). The number of phenolic OH excluding ortho intramolecular Hbond substituents is 2. The zero-order valence-corrected chi connectivity index (χ0v) is 10.1. The van der Waals surface area contributed by atoms with Gasteiger partial charge in [0, 0.05) is 5.69 Å². The minimum Gasteiger partial charge on any atom is -0.508 e. The van der Waals surface area contributed by atoms with Crippen molar-refractivity contribution in [3.05, 3.63) is 53.3 Å². The molecule has 2 aromatic carbocycles. The van der Waals surface area contributed by atoms with Gasteiger partial charge in [-0.1, -0.05) is 0 Å². The molecule has 0 aromatic heterocycles. The van der Waals surface area contributed by atoms with E-state index in [1.54, 1.807) is 6.07 Å². The fourth-order valence-corrected chi connectivity index (χ4v) is 1.59. The van der Waals surface area contributed by atoms with E-state index in [0.717, 1.165) is 12.1 Å². The summed E-state index contributed by atoms with van der Waals surface area (Å²) >= 11 is 0. The minimum atomic E-state index is -0.689. The number of carbonyl (C=O) groups is 1. The number of rotatable bonds is 2. The number of nitrogens with zero attached hydrogens (tertiary/aromatic N) is 1. The molecule has 0 aliphatic heterocycles. The molecule has 20 heavy (non-hydrogen) atoms. The summed E-state index contributed by atoms with van der Waals surface area (Å²) in [6.45, 7) is 0. The molecule has 0 unspecified atom stereocenters. The largest absolute Gasteiger partial charge is 0.508 e. The van der Waals surface area contributed by atoms with Crippen molar-refractivity contribution in [2.75, 3.05) is 5.32 Å². The molecule has 2 aromatic rings. The van der Waals surface area contributed by atoms with Crippen molar-refractivity contribution in [1.29, 1.82) is 5.26 Å². The van der Waals surface area contributed by atoms with Crippen LogP contribution in [-0.2, 0) is 0 Å². The second kappa shape index (κ2) is 5.28. The van der Waals surface area contributed by atoms with Crippen LogP contribution in [0.15, 0.2) is 36.4 Å². The molecule has 6 heteroatoms. The van der Waals surface area contributed by atoms with Gasteiger partial charge in [-0.2, -0.15) is 5.26 Å². The highest BCUT2D eigenvalue weighted by atomic mass is 19.1. The van der Waals surface area contributed by atoms with Gasteiger partial charge in [-0.15, -0.1) is 0 Å². The van der Waals surface area contributed by atoms with Crippen molar-refractivity contribution in [2.45, 2.75) is 0 Å². The highest BCUT2D eigenvalue weighted by Crippen LogP contribution is 2.23. The Balaban J connectivity index is 2.28. The summed E-state index contributed by atoms with van der Waals surface area (Å²) in [4.78, 5) is 11.9. The van der Waals surface area contributed by atoms with E-state index in [1.165, 1.54) is 24.3 Å². The molecule has 100 valence electrons. The first-order chi connectivity index (χ1) is 9.51. The molecule has 0 saturated heterocycles. The van der Waals surface area contributed by atoms with Crippen LogP contribution >= 0.6 is 0 Å². The number of hydrogen-bond donors (Lipinski definition) is 3. The Morgan fingerprint density at radius 3 is 2.65 bits per heavy atom. The fourth-order valence-electron chi connectivity index (χ4n) is 1.59. The third-order valence-electron chi connectivity index (χ3n) is 2.57. The zero-order valence-electron chi connectivity index (χ0n) is 10.1. The first kappa shape index (κ1) is 13.4. The molecule has 0 aliphatic carbocycles. The topological polar surface area (TPSA) is 93.4 Å². The van der Waals surface area contributed by atoms with Gasteiger partial charge in [-0.25, -0.2) is 4.39 Å². The summed E-state index contributed by atoms with van der Waals surface area (Å²) < 4.78 is 13.1. The second-order valence-electron chi connectivity index (χ2n) is 3.96. The molecule has 2 rings (SSSR count). The number of benzene rings is 2. The van der Waals surface area contributed by atoms with E-state index in [-0.39, 0.29) is 28.3 Å². The zero-order chi connectivity index (χ0) is 14.7. The van der Waals surface area contributed by atoms with Crippen LogP contribution in [0.3, 0.4) is 0 Å².